The molecule has 0 spiro atoms. The highest BCUT2D eigenvalue weighted by atomic mass is 32.1. The highest BCUT2D eigenvalue weighted by Crippen LogP contribution is 2.32. The first-order valence-corrected chi connectivity index (χ1v) is 9.10. The maximum atomic E-state index is 12.7. The van der Waals surface area contributed by atoms with Crippen LogP contribution in [-0.4, -0.2) is 45.4 Å². The van der Waals surface area contributed by atoms with Crippen LogP contribution in [0.5, 0.6) is 0 Å². The third-order valence-electron chi connectivity index (χ3n) is 4.77. The van der Waals surface area contributed by atoms with Gasteiger partial charge < -0.3 is 10.0 Å². The van der Waals surface area contributed by atoms with Gasteiger partial charge in [-0.25, -0.2) is 0 Å². The molecule has 23 heavy (non-hydrogen) atoms. The Kier molecular flexibility index (Phi) is 4.47. The number of hydrogen-bond donors (Lipinski definition) is 1. The van der Waals surface area contributed by atoms with Crippen molar-refractivity contribution in [3.05, 3.63) is 16.6 Å². The number of amides is 1. The van der Waals surface area contributed by atoms with Crippen LogP contribution in [0.15, 0.2) is 6.07 Å². The molecule has 1 aliphatic carbocycles. The van der Waals surface area contributed by atoms with Gasteiger partial charge in [-0.15, -0.1) is 11.3 Å². The van der Waals surface area contributed by atoms with E-state index in [0.29, 0.717) is 12.5 Å². The van der Waals surface area contributed by atoms with Gasteiger partial charge in [0.05, 0.1) is 16.7 Å². The molecule has 2 aromatic heterocycles. The molecule has 6 heteroatoms. The molecule has 0 aliphatic heterocycles. The highest BCUT2D eigenvalue weighted by molar-refractivity contribution is 7.20. The largest absolute Gasteiger partial charge is 0.393 e. The standard InChI is InChI=1S/C17H25N3O2S/c1-10(2)15-12-8-14(23-17(12)20(4)18-15)16(22)19(3)9-11-6-5-7-13(11)21/h8,10-11,13,21H,5-7,9H2,1-4H3. The van der Waals surface area contributed by atoms with E-state index in [2.05, 4.69) is 18.9 Å². The summed E-state index contributed by atoms with van der Waals surface area (Å²) in [5.74, 6) is 0.592. The summed E-state index contributed by atoms with van der Waals surface area (Å²) in [4.78, 5) is 16.3. The topological polar surface area (TPSA) is 58.4 Å². The summed E-state index contributed by atoms with van der Waals surface area (Å²) >= 11 is 1.50. The van der Waals surface area contributed by atoms with Crippen LogP contribution in [-0.2, 0) is 7.05 Å². The Balaban J connectivity index is 1.81. The molecule has 1 fully saturated rings. The quantitative estimate of drug-likeness (QED) is 0.934. The van der Waals surface area contributed by atoms with E-state index in [4.69, 9.17) is 0 Å². The number of aliphatic hydroxyl groups is 1. The molecular formula is C17H25N3O2S. The molecule has 0 saturated heterocycles. The molecule has 0 bridgehead atoms. The summed E-state index contributed by atoms with van der Waals surface area (Å²) in [6, 6.07) is 1.98. The Morgan fingerprint density at radius 1 is 1.52 bits per heavy atom. The van der Waals surface area contributed by atoms with Crippen molar-refractivity contribution in [2.75, 3.05) is 13.6 Å². The van der Waals surface area contributed by atoms with Crippen molar-refractivity contribution in [1.82, 2.24) is 14.7 Å². The molecule has 2 unspecified atom stereocenters. The lowest BCUT2D eigenvalue weighted by atomic mass is 10.1. The van der Waals surface area contributed by atoms with E-state index in [1.54, 1.807) is 4.90 Å². The van der Waals surface area contributed by atoms with E-state index in [9.17, 15) is 9.90 Å². The Labute approximate surface area is 140 Å². The van der Waals surface area contributed by atoms with E-state index in [1.165, 1.54) is 11.3 Å². The number of aromatic nitrogens is 2. The molecule has 2 aromatic rings. The molecule has 5 nitrogen and oxygen atoms in total. The summed E-state index contributed by atoms with van der Waals surface area (Å²) in [5, 5.41) is 15.6. The fraction of sp³-hybridized carbons (Fsp3) is 0.647. The summed E-state index contributed by atoms with van der Waals surface area (Å²) in [5.41, 5.74) is 1.05. The first kappa shape index (κ1) is 16.5. The first-order chi connectivity index (χ1) is 10.9. The molecule has 1 saturated carbocycles. The van der Waals surface area contributed by atoms with Crippen LogP contribution in [0.2, 0.25) is 0 Å². The predicted molar refractivity (Wildman–Crippen MR) is 93.0 cm³/mol. The number of thiophene rings is 1. The number of aliphatic hydroxyl groups excluding tert-OH is 1. The van der Waals surface area contributed by atoms with Crippen molar-refractivity contribution >= 4 is 27.5 Å². The first-order valence-electron chi connectivity index (χ1n) is 8.28. The molecule has 3 rings (SSSR count). The van der Waals surface area contributed by atoms with Crippen LogP contribution < -0.4 is 0 Å². The second-order valence-corrected chi connectivity index (χ2v) is 7.97. The second-order valence-electron chi connectivity index (χ2n) is 6.94. The summed E-state index contributed by atoms with van der Waals surface area (Å²) in [6.45, 7) is 4.87. The number of carbonyl (C=O) groups is 1. The fourth-order valence-corrected chi connectivity index (χ4v) is 4.53. The van der Waals surface area contributed by atoms with Gasteiger partial charge in [0, 0.05) is 31.9 Å². The Morgan fingerprint density at radius 2 is 2.26 bits per heavy atom. The molecule has 0 aromatic carbocycles. The molecule has 2 heterocycles. The maximum Gasteiger partial charge on any atom is 0.263 e. The minimum atomic E-state index is -0.260. The lowest BCUT2D eigenvalue weighted by molar-refractivity contribution is 0.0698. The number of aryl methyl sites for hydroxylation is 1. The molecule has 1 amide bonds. The fourth-order valence-electron chi connectivity index (χ4n) is 3.45. The second kappa shape index (κ2) is 6.24. The molecule has 126 valence electrons. The number of carbonyl (C=O) groups excluding carboxylic acids is 1. The van der Waals surface area contributed by atoms with Crippen molar-refractivity contribution in [3.63, 3.8) is 0 Å². The highest BCUT2D eigenvalue weighted by Gasteiger charge is 2.28. The van der Waals surface area contributed by atoms with Crippen molar-refractivity contribution in [1.29, 1.82) is 0 Å². The van der Waals surface area contributed by atoms with Gasteiger partial charge in [0.2, 0.25) is 0 Å². The zero-order valence-corrected chi connectivity index (χ0v) is 15.1. The SMILES string of the molecule is CC(C)c1nn(C)c2sc(C(=O)N(C)CC3CCCC3O)cc12. The Hall–Kier alpha value is -1.40. The number of rotatable bonds is 4. The van der Waals surface area contributed by atoms with Gasteiger partial charge >= 0.3 is 0 Å². The van der Waals surface area contributed by atoms with Crippen molar-refractivity contribution in [2.24, 2.45) is 13.0 Å². The van der Waals surface area contributed by atoms with Gasteiger partial charge in [0.1, 0.15) is 4.83 Å². The van der Waals surface area contributed by atoms with Crippen LogP contribution in [0.25, 0.3) is 10.2 Å². The van der Waals surface area contributed by atoms with E-state index >= 15 is 0 Å². The maximum absolute atomic E-state index is 12.7. The lowest BCUT2D eigenvalue weighted by Crippen LogP contribution is -2.34. The smallest absolute Gasteiger partial charge is 0.263 e. The third-order valence-corrected chi connectivity index (χ3v) is 5.96. The van der Waals surface area contributed by atoms with Crippen LogP contribution in [0.3, 0.4) is 0 Å². The van der Waals surface area contributed by atoms with Gasteiger partial charge in [-0.2, -0.15) is 5.10 Å². The van der Waals surface area contributed by atoms with E-state index < -0.39 is 0 Å². The van der Waals surface area contributed by atoms with Crippen molar-refractivity contribution in [3.8, 4) is 0 Å². The van der Waals surface area contributed by atoms with E-state index in [-0.39, 0.29) is 17.9 Å². The average Bonchev–Trinajstić information content (AvgIpc) is 3.16. The van der Waals surface area contributed by atoms with E-state index in [0.717, 1.165) is 40.1 Å². The monoisotopic (exact) mass is 335 g/mol. The van der Waals surface area contributed by atoms with Gasteiger partial charge in [0.15, 0.2) is 0 Å². The Morgan fingerprint density at radius 3 is 2.87 bits per heavy atom. The normalized spacial score (nSPS) is 21.5. The number of nitrogens with zero attached hydrogens (tertiary/aromatic N) is 3. The molecule has 0 radical (unpaired) electrons. The van der Waals surface area contributed by atoms with Crippen molar-refractivity contribution in [2.45, 2.75) is 45.1 Å². The molecule has 1 N–H and O–H groups in total. The van der Waals surface area contributed by atoms with Crippen LogP contribution >= 0.6 is 11.3 Å². The molecule has 1 aliphatic rings. The average molecular weight is 335 g/mol. The Bertz CT molecular complexity index is 719. The van der Waals surface area contributed by atoms with Crippen LogP contribution in [0.4, 0.5) is 0 Å². The number of fused-ring (bicyclic) bond motifs is 1. The minimum absolute atomic E-state index is 0.0417. The van der Waals surface area contributed by atoms with E-state index in [1.807, 2.05) is 24.8 Å². The zero-order valence-electron chi connectivity index (χ0n) is 14.2. The van der Waals surface area contributed by atoms with Crippen LogP contribution in [0, 0.1) is 5.92 Å². The summed E-state index contributed by atoms with van der Waals surface area (Å²) in [6.07, 6.45) is 2.66. The summed E-state index contributed by atoms with van der Waals surface area (Å²) < 4.78 is 1.87. The predicted octanol–water partition coefficient (Wildman–Crippen LogP) is 2.99. The minimum Gasteiger partial charge on any atom is -0.393 e. The van der Waals surface area contributed by atoms with Crippen molar-refractivity contribution < 1.29 is 9.90 Å². The molecular weight excluding hydrogens is 310 g/mol. The molecule has 2 atom stereocenters. The summed E-state index contributed by atoms with van der Waals surface area (Å²) in [7, 11) is 3.76. The van der Waals surface area contributed by atoms with Crippen LogP contribution in [0.1, 0.15) is 54.4 Å². The van der Waals surface area contributed by atoms with Gasteiger partial charge in [0.25, 0.3) is 5.91 Å². The lowest BCUT2D eigenvalue weighted by Gasteiger charge is -2.22. The number of hydrogen-bond acceptors (Lipinski definition) is 4. The van der Waals surface area contributed by atoms with Gasteiger partial charge in [-0.3, -0.25) is 9.48 Å². The third kappa shape index (κ3) is 3.02. The van der Waals surface area contributed by atoms with Gasteiger partial charge in [-0.1, -0.05) is 20.3 Å². The van der Waals surface area contributed by atoms with Gasteiger partial charge in [-0.05, 0) is 24.8 Å². The zero-order chi connectivity index (χ0) is 16.7.